The van der Waals surface area contributed by atoms with Gasteiger partial charge in [0.25, 0.3) is 0 Å². The lowest BCUT2D eigenvalue weighted by atomic mass is 9.80. The van der Waals surface area contributed by atoms with Gasteiger partial charge in [0, 0.05) is 6.04 Å². The van der Waals surface area contributed by atoms with Gasteiger partial charge in [-0.3, -0.25) is 11.3 Å². The number of hydrogen-bond acceptors (Lipinski definition) is 2. The molecule has 0 spiro atoms. The summed E-state index contributed by atoms with van der Waals surface area (Å²) in [5.74, 6) is 6.55. The molecule has 0 radical (unpaired) electrons. The Morgan fingerprint density at radius 1 is 1.00 bits per heavy atom. The lowest BCUT2D eigenvalue weighted by Crippen LogP contribution is -2.28. The van der Waals surface area contributed by atoms with E-state index in [1.165, 1.54) is 36.0 Å². The number of rotatable bonds is 6. The molecule has 0 heterocycles. The molecule has 2 nitrogen and oxygen atoms in total. The van der Waals surface area contributed by atoms with Crippen LogP contribution in [0.2, 0.25) is 0 Å². The molecular weight excluding hydrogens is 256 g/mol. The van der Waals surface area contributed by atoms with Crippen LogP contribution in [0.15, 0.2) is 54.6 Å². The zero-order chi connectivity index (χ0) is 14.5. The predicted molar refractivity (Wildman–Crippen MR) is 87.9 cm³/mol. The summed E-state index contributed by atoms with van der Waals surface area (Å²) < 4.78 is 0. The quantitative estimate of drug-likeness (QED) is 0.618. The number of benzene rings is 2. The van der Waals surface area contributed by atoms with Crippen molar-refractivity contribution in [2.75, 3.05) is 0 Å². The first-order valence-electron chi connectivity index (χ1n) is 7.97. The van der Waals surface area contributed by atoms with Gasteiger partial charge in [0.05, 0.1) is 0 Å². The average Bonchev–Trinajstić information content (AvgIpc) is 2.49. The van der Waals surface area contributed by atoms with Crippen molar-refractivity contribution in [1.82, 2.24) is 5.43 Å². The van der Waals surface area contributed by atoms with E-state index in [-0.39, 0.29) is 6.04 Å². The van der Waals surface area contributed by atoms with Crippen molar-refractivity contribution in [2.45, 2.75) is 44.1 Å². The van der Waals surface area contributed by atoms with Crippen LogP contribution in [-0.4, -0.2) is 0 Å². The largest absolute Gasteiger partial charge is 0.271 e. The number of aryl methyl sites for hydroxylation is 1. The third kappa shape index (κ3) is 3.52. The second-order valence-electron chi connectivity index (χ2n) is 6.04. The summed E-state index contributed by atoms with van der Waals surface area (Å²) >= 11 is 0. The lowest BCUT2D eigenvalue weighted by molar-refractivity contribution is 0.419. The molecule has 3 N–H and O–H groups in total. The molecule has 3 rings (SSSR count). The van der Waals surface area contributed by atoms with E-state index < -0.39 is 0 Å². The number of nitrogens with two attached hydrogens (primary N) is 1. The fraction of sp³-hybridized carbons (Fsp3) is 0.368. The Balaban J connectivity index is 1.62. The molecule has 2 aromatic carbocycles. The zero-order valence-electron chi connectivity index (χ0n) is 12.5. The normalized spacial score (nSPS) is 16.4. The molecule has 1 aliphatic rings. The summed E-state index contributed by atoms with van der Waals surface area (Å²) in [5, 5.41) is 0. The third-order valence-corrected chi connectivity index (χ3v) is 4.68. The first kappa shape index (κ1) is 14.3. The molecule has 1 saturated carbocycles. The number of hydrogen-bond donors (Lipinski definition) is 2. The topological polar surface area (TPSA) is 38.0 Å². The van der Waals surface area contributed by atoms with Gasteiger partial charge in [0.2, 0.25) is 0 Å². The maximum atomic E-state index is 5.75. The average molecular weight is 280 g/mol. The van der Waals surface area contributed by atoms with Crippen molar-refractivity contribution in [1.29, 1.82) is 0 Å². The molecule has 0 amide bonds. The molecule has 1 unspecified atom stereocenters. The summed E-state index contributed by atoms with van der Waals surface area (Å²) in [6.45, 7) is 0. The molecule has 2 aromatic rings. The summed E-state index contributed by atoms with van der Waals surface area (Å²) in [7, 11) is 0. The molecule has 1 aliphatic carbocycles. The summed E-state index contributed by atoms with van der Waals surface area (Å²) in [4.78, 5) is 0. The van der Waals surface area contributed by atoms with Crippen LogP contribution in [0.3, 0.4) is 0 Å². The van der Waals surface area contributed by atoms with E-state index in [0.717, 1.165) is 18.8 Å². The highest BCUT2D eigenvalue weighted by molar-refractivity contribution is 5.28. The van der Waals surface area contributed by atoms with Crippen LogP contribution in [0, 0.1) is 0 Å². The lowest BCUT2D eigenvalue weighted by Gasteiger charge is -2.26. The minimum atomic E-state index is 0.223. The number of nitrogens with one attached hydrogen (secondary N) is 1. The van der Waals surface area contributed by atoms with Crippen molar-refractivity contribution in [3.05, 3.63) is 71.3 Å². The van der Waals surface area contributed by atoms with Crippen molar-refractivity contribution in [3.8, 4) is 0 Å². The van der Waals surface area contributed by atoms with E-state index in [1.807, 2.05) is 0 Å². The standard InChI is InChI=1S/C19H24N2/c20-21-19(14-9-15-5-2-1-3-6-15)18-12-10-17(11-13-18)16-7-4-8-16/h1-3,5-6,10-13,16,19,21H,4,7-9,14,20H2. The van der Waals surface area contributed by atoms with E-state index in [1.54, 1.807) is 0 Å². The van der Waals surface area contributed by atoms with Crippen LogP contribution in [0.25, 0.3) is 0 Å². The molecule has 0 aromatic heterocycles. The molecule has 110 valence electrons. The highest BCUT2D eigenvalue weighted by Crippen LogP contribution is 2.36. The van der Waals surface area contributed by atoms with Crippen LogP contribution in [-0.2, 0) is 6.42 Å². The Kier molecular flexibility index (Phi) is 4.69. The van der Waals surface area contributed by atoms with Crippen LogP contribution in [0.4, 0.5) is 0 Å². The Morgan fingerprint density at radius 3 is 2.29 bits per heavy atom. The van der Waals surface area contributed by atoms with Gasteiger partial charge in [-0.15, -0.1) is 0 Å². The molecule has 0 saturated heterocycles. The van der Waals surface area contributed by atoms with Crippen LogP contribution in [0.5, 0.6) is 0 Å². The van der Waals surface area contributed by atoms with E-state index in [0.29, 0.717) is 0 Å². The van der Waals surface area contributed by atoms with Gasteiger partial charge in [-0.1, -0.05) is 61.0 Å². The SMILES string of the molecule is NNC(CCc1ccccc1)c1ccc(C2CCC2)cc1. The minimum Gasteiger partial charge on any atom is -0.271 e. The van der Waals surface area contributed by atoms with Gasteiger partial charge < -0.3 is 0 Å². The van der Waals surface area contributed by atoms with E-state index in [2.05, 4.69) is 60.0 Å². The van der Waals surface area contributed by atoms with Gasteiger partial charge in [0.15, 0.2) is 0 Å². The third-order valence-electron chi connectivity index (χ3n) is 4.68. The summed E-state index contributed by atoms with van der Waals surface area (Å²) in [5.41, 5.74) is 7.11. The van der Waals surface area contributed by atoms with Gasteiger partial charge in [0.1, 0.15) is 0 Å². The Hall–Kier alpha value is -1.64. The van der Waals surface area contributed by atoms with Crippen LogP contribution >= 0.6 is 0 Å². The first-order valence-corrected chi connectivity index (χ1v) is 7.97. The molecule has 1 atom stereocenters. The van der Waals surface area contributed by atoms with Gasteiger partial charge >= 0.3 is 0 Å². The van der Waals surface area contributed by atoms with Crippen LogP contribution < -0.4 is 11.3 Å². The zero-order valence-corrected chi connectivity index (χ0v) is 12.5. The second kappa shape index (κ2) is 6.88. The van der Waals surface area contributed by atoms with Crippen molar-refractivity contribution in [3.63, 3.8) is 0 Å². The first-order chi connectivity index (χ1) is 10.4. The maximum absolute atomic E-state index is 5.75. The van der Waals surface area contributed by atoms with E-state index >= 15 is 0 Å². The maximum Gasteiger partial charge on any atom is 0.0463 e. The predicted octanol–water partition coefficient (Wildman–Crippen LogP) is 4.09. The summed E-state index contributed by atoms with van der Waals surface area (Å²) in [6, 6.07) is 19.9. The highest BCUT2D eigenvalue weighted by atomic mass is 15.2. The fourth-order valence-electron chi connectivity index (χ4n) is 3.04. The smallest absolute Gasteiger partial charge is 0.0463 e. The van der Waals surface area contributed by atoms with Crippen molar-refractivity contribution >= 4 is 0 Å². The molecule has 0 bridgehead atoms. The Labute approximate surface area is 127 Å². The fourth-order valence-corrected chi connectivity index (χ4v) is 3.04. The molecule has 1 fully saturated rings. The molecule has 0 aliphatic heterocycles. The second-order valence-corrected chi connectivity index (χ2v) is 6.04. The minimum absolute atomic E-state index is 0.223. The van der Waals surface area contributed by atoms with Gasteiger partial charge in [-0.05, 0) is 48.3 Å². The monoisotopic (exact) mass is 280 g/mol. The highest BCUT2D eigenvalue weighted by Gasteiger charge is 2.19. The van der Waals surface area contributed by atoms with Crippen LogP contribution in [0.1, 0.15) is 54.3 Å². The Morgan fingerprint density at radius 2 is 1.71 bits per heavy atom. The van der Waals surface area contributed by atoms with Gasteiger partial charge in [-0.25, -0.2) is 0 Å². The van der Waals surface area contributed by atoms with E-state index in [4.69, 9.17) is 5.84 Å². The molecular formula is C19H24N2. The molecule has 2 heteroatoms. The molecule has 21 heavy (non-hydrogen) atoms. The van der Waals surface area contributed by atoms with Crippen molar-refractivity contribution in [2.24, 2.45) is 5.84 Å². The van der Waals surface area contributed by atoms with Crippen molar-refractivity contribution < 1.29 is 0 Å². The van der Waals surface area contributed by atoms with Gasteiger partial charge in [-0.2, -0.15) is 0 Å². The summed E-state index contributed by atoms with van der Waals surface area (Å²) in [6.07, 6.45) is 6.15. The Bertz CT molecular complexity index is 544. The van der Waals surface area contributed by atoms with E-state index in [9.17, 15) is 0 Å². The number of hydrazine groups is 1.